The maximum Gasteiger partial charge on any atom is 0.147 e. The van der Waals surface area contributed by atoms with E-state index in [1.807, 2.05) is 42.5 Å². The van der Waals surface area contributed by atoms with Gasteiger partial charge in [-0.05, 0) is 54.8 Å². The highest BCUT2D eigenvalue weighted by Crippen LogP contribution is 2.37. The number of phenolic OH excluding ortho intramolecular Hbond substituents is 1. The molecule has 0 aliphatic rings. The van der Waals surface area contributed by atoms with Crippen LogP contribution in [-0.2, 0) is 0 Å². The molecule has 4 aromatic rings. The summed E-state index contributed by atoms with van der Waals surface area (Å²) < 4.78 is 0. The Kier molecular flexibility index (Phi) is 4.47. The number of aryl methyl sites for hydroxylation is 1. The maximum absolute atomic E-state index is 11.0. The zero-order chi connectivity index (χ0) is 18.8. The molecule has 0 fully saturated rings. The van der Waals surface area contributed by atoms with Crippen molar-refractivity contribution in [2.75, 3.05) is 5.32 Å². The number of aromatic nitrogens is 2. The van der Waals surface area contributed by atoms with Gasteiger partial charge in [0.05, 0.1) is 6.04 Å². The van der Waals surface area contributed by atoms with Gasteiger partial charge in [0.1, 0.15) is 11.3 Å². The molecule has 0 aliphatic carbocycles. The predicted molar refractivity (Wildman–Crippen MR) is 109 cm³/mol. The molecule has 2 aromatic carbocycles. The molecule has 27 heavy (non-hydrogen) atoms. The van der Waals surface area contributed by atoms with Crippen molar-refractivity contribution in [1.29, 1.82) is 0 Å². The number of nitrogens with one attached hydrogen (secondary N) is 1. The fraction of sp³-hybridized carbons (Fsp3) is 0.130. The summed E-state index contributed by atoms with van der Waals surface area (Å²) >= 11 is 0. The first kappa shape index (κ1) is 17.0. The average molecular weight is 355 g/mol. The standard InChI is InChI=1S/C23H21N3O/c1-15-5-3-7-20(16(15)2)26-21(18-10-13-24-14-11-18)19-9-8-17-6-4-12-25-22(17)23(19)27/h3-14,21,26-27H,1-2H3. The second kappa shape index (κ2) is 7.08. The van der Waals surface area contributed by atoms with Crippen LogP contribution in [0.1, 0.15) is 28.3 Å². The van der Waals surface area contributed by atoms with Gasteiger partial charge < -0.3 is 10.4 Å². The van der Waals surface area contributed by atoms with Gasteiger partial charge >= 0.3 is 0 Å². The summed E-state index contributed by atoms with van der Waals surface area (Å²) in [6.45, 7) is 4.20. The monoisotopic (exact) mass is 355 g/mol. The smallest absolute Gasteiger partial charge is 0.147 e. The first-order valence-corrected chi connectivity index (χ1v) is 8.94. The zero-order valence-electron chi connectivity index (χ0n) is 15.3. The molecule has 1 unspecified atom stereocenters. The lowest BCUT2D eigenvalue weighted by Crippen LogP contribution is -2.14. The highest BCUT2D eigenvalue weighted by molar-refractivity contribution is 5.86. The molecular weight excluding hydrogens is 334 g/mol. The van der Waals surface area contributed by atoms with Gasteiger partial charge in [-0.25, -0.2) is 0 Å². The third kappa shape index (κ3) is 3.22. The average Bonchev–Trinajstić information content (AvgIpc) is 2.71. The topological polar surface area (TPSA) is 58.0 Å². The molecule has 0 amide bonds. The van der Waals surface area contributed by atoms with Crippen LogP contribution >= 0.6 is 0 Å². The van der Waals surface area contributed by atoms with Gasteiger partial charge in [0, 0.05) is 35.2 Å². The van der Waals surface area contributed by atoms with Crippen molar-refractivity contribution in [2.45, 2.75) is 19.9 Å². The first-order valence-electron chi connectivity index (χ1n) is 8.94. The Bertz CT molecular complexity index is 1090. The van der Waals surface area contributed by atoms with E-state index in [2.05, 4.69) is 41.3 Å². The molecule has 0 saturated heterocycles. The van der Waals surface area contributed by atoms with Crippen LogP contribution in [0.3, 0.4) is 0 Å². The van der Waals surface area contributed by atoms with Crippen molar-refractivity contribution in [3.63, 3.8) is 0 Å². The van der Waals surface area contributed by atoms with Gasteiger partial charge in [-0.15, -0.1) is 0 Å². The lowest BCUT2D eigenvalue weighted by molar-refractivity contribution is 0.471. The molecule has 134 valence electrons. The van der Waals surface area contributed by atoms with Crippen molar-refractivity contribution in [3.05, 3.63) is 95.4 Å². The summed E-state index contributed by atoms with van der Waals surface area (Å²) in [5, 5.41) is 15.5. The van der Waals surface area contributed by atoms with Crippen molar-refractivity contribution < 1.29 is 5.11 Å². The van der Waals surface area contributed by atoms with E-state index in [4.69, 9.17) is 0 Å². The third-order valence-corrected chi connectivity index (χ3v) is 5.03. The Morgan fingerprint density at radius 2 is 1.70 bits per heavy atom. The molecule has 0 bridgehead atoms. The van der Waals surface area contributed by atoms with Gasteiger partial charge in [0.25, 0.3) is 0 Å². The first-order chi connectivity index (χ1) is 13.1. The second-order valence-corrected chi connectivity index (χ2v) is 6.68. The molecule has 4 nitrogen and oxygen atoms in total. The molecule has 2 aromatic heterocycles. The van der Waals surface area contributed by atoms with E-state index in [9.17, 15) is 5.11 Å². The van der Waals surface area contributed by atoms with Crippen molar-refractivity contribution in [1.82, 2.24) is 9.97 Å². The molecule has 0 radical (unpaired) electrons. The number of fused-ring (bicyclic) bond motifs is 1. The van der Waals surface area contributed by atoms with Crippen LogP contribution in [-0.4, -0.2) is 15.1 Å². The zero-order valence-corrected chi connectivity index (χ0v) is 15.3. The molecule has 0 saturated carbocycles. The highest BCUT2D eigenvalue weighted by atomic mass is 16.3. The van der Waals surface area contributed by atoms with Crippen molar-refractivity contribution in [3.8, 4) is 5.75 Å². The molecule has 2 heterocycles. The van der Waals surface area contributed by atoms with E-state index in [0.717, 1.165) is 22.2 Å². The highest BCUT2D eigenvalue weighted by Gasteiger charge is 2.20. The van der Waals surface area contributed by atoms with Crippen molar-refractivity contribution >= 4 is 16.6 Å². The quantitative estimate of drug-likeness (QED) is 0.531. The molecule has 0 spiro atoms. The van der Waals surface area contributed by atoms with Crippen LogP contribution < -0.4 is 5.32 Å². The SMILES string of the molecule is Cc1cccc(NC(c2ccncc2)c2ccc3cccnc3c2O)c1C. The summed E-state index contributed by atoms with van der Waals surface area (Å²) in [6, 6.07) is 17.7. The Hall–Kier alpha value is -3.40. The van der Waals surface area contributed by atoms with E-state index in [-0.39, 0.29) is 11.8 Å². The summed E-state index contributed by atoms with van der Waals surface area (Å²) in [7, 11) is 0. The lowest BCUT2D eigenvalue weighted by atomic mass is 9.96. The van der Waals surface area contributed by atoms with Crippen LogP contribution in [0, 0.1) is 13.8 Å². The van der Waals surface area contributed by atoms with Gasteiger partial charge in [0.2, 0.25) is 0 Å². The largest absolute Gasteiger partial charge is 0.505 e. The van der Waals surface area contributed by atoms with E-state index in [1.165, 1.54) is 11.1 Å². The summed E-state index contributed by atoms with van der Waals surface area (Å²) in [6.07, 6.45) is 5.23. The van der Waals surface area contributed by atoms with E-state index in [0.29, 0.717) is 5.52 Å². The van der Waals surface area contributed by atoms with Crippen LogP contribution in [0.5, 0.6) is 5.75 Å². The Labute approximate surface area is 158 Å². The van der Waals surface area contributed by atoms with E-state index < -0.39 is 0 Å². The summed E-state index contributed by atoms with van der Waals surface area (Å²) in [4.78, 5) is 8.50. The fourth-order valence-corrected chi connectivity index (χ4v) is 3.34. The van der Waals surface area contributed by atoms with E-state index in [1.54, 1.807) is 18.6 Å². The number of phenols is 1. The Morgan fingerprint density at radius 3 is 2.52 bits per heavy atom. The molecule has 4 heteroatoms. The van der Waals surface area contributed by atoms with Gasteiger partial charge in [0.15, 0.2) is 0 Å². The Balaban J connectivity index is 1.86. The maximum atomic E-state index is 11.0. The minimum Gasteiger partial charge on any atom is -0.505 e. The minimum absolute atomic E-state index is 0.202. The normalized spacial score (nSPS) is 12.1. The van der Waals surface area contributed by atoms with E-state index >= 15 is 0 Å². The fourth-order valence-electron chi connectivity index (χ4n) is 3.34. The van der Waals surface area contributed by atoms with Gasteiger partial charge in [-0.2, -0.15) is 0 Å². The number of anilines is 1. The lowest BCUT2D eigenvalue weighted by Gasteiger charge is -2.24. The molecule has 2 N–H and O–H groups in total. The number of rotatable bonds is 4. The molecule has 4 rings (SSSR count). The molecule has 1 atom stereocenters. The predicted octanol–water partition coefficient (Wildman–Crippen LogP) is 5.15. The molecule has 0 aliphatic heterocycles. The number of pyridine rings is 2. The van der Waals surface area contributed by atoms with Crippen molar-refractivity contribution in [2.24, 2.45) is 0 Å². The summed E-state index contributed by atoms with van der Waals surface area (Å²) in [5.41, 5.74) is 5.87. The Morgan fingerprint density at radius 1 is 0.889 bits per heavy atom. The minimum atomic E-state index is -0.222. The van der Waals surface area contributed by atoms with Gasteiger partial charge in [-0.1, -0.05) is 30.3 Å². The number of hydrogen-bond acceptors (Lipinski definition) is 4. The molecular formula is C23H21N3O. The van der Waals surface area contributed by atoms with Crippen LogP contribution in [0.4, 0.5) is 5.69 Å². The number of aromatic hydroxyl groups is 1. The third-order valence-electron chi connectivity index (χ3n) is 5.03. The number of benzene rings is 2. The summed E-state index contributed by atoms with van der Waals surface area (Å²) in [5.74, 6) is 0.202. The second-order valence-electron chi connectivity index (χ2n) is 6.68. The number of hydrogen-bond donors (Lipinski definition) is 2. The van der Waals surface area contributed by atoms with Crippen LogP contribution in [0.15, 0.2) is 73.2 Å². The van der Waals surface area contributed by atoms with Gasteiger partial charge in [-0.3, -0.25) is 9.97 Å². The number of nitrogens with zero attached hydrogens (tertiary/aromatic N) is 2. The van der Waals surface area contributed by atoms with Crippen LogP contribution in [0.25, 0.3) is 10.9 Å². The van der Waals surface area contributed by atoms with Crippen LogP contribution in [0.2, 0.25) is 0 Å².